The Bertz CT molecular complexity index is 534. The molecule has 0 aromatic heterocycles. The largest absolute Gasteiger partial charge is 0.481 e. The maximum Gasteiger partial charge on any atom is 0.307 e. The Morgan fingerprint density at radius 3 is 2.75 bits per heavy atom. The Morgan fingerprint density at radius 1 is 1.25 bits per heavy atom. The lowest BCUT2D eigenvalue weighted by molar-refractivity contribution is -0.136. The van der Waals surface area contributed by atoms with Gasteiger partial charge in [-0.25, -0.2) is 0 Å². The van der Waals surface area contributed by atoms with Crippen LogP contribution in [0.2, 0.25) is 0 Å². The van der Waals surface area contributed by atoms with Crippen LogP contribution in [0.25, 0.3) is 10.8 Å². The maximum atomic E-state index is 10.6. The second-order valence-electron chi connectivity index (χ2n) is 3.68. The van der Waals surface area contributed by atoms with E-state index < -0.39 is 5.97 Å². The molecule has 0 unspecified atom stereocenters. The minimum Gasteiger partial charge on any atom is -0.481 e. The summed E-state index contributed by atoms with van der Waals surface area (Å²) < 4.78 is 0. The third-order valence-electron chi connectivity index (χ3n) is 2.54. The van der Waals surface area contributed by atoms with Crippen LogP contribution in [0.5, 0.6) is 0 Å². The molecule has 0 fully saturated rings. The molecule has 0 amide bonds. The molecule has 0 atom stereocenters. The van der Waals surface area contributed by atoms with E-state index in [9.17, 15) is 4.79 Å². The minimum atomic E-state index is -0.796. The van der Waals surface area contributed by atoms with E-state index in [0.29, 0.717) is 0 Å². The molecule has 2 nitrogen and oxygen atoms in total. The molecule has 0 aliphatic carbocycles. The van der Waals surface area contributed by atoms with Crippen LogP contribution < -0.4 is 0 Å². The summed E-state index contributed by atoms with van der Waals surface area (Å²) in [5, 5.41) is 11.8. The molecule has 0 saturated carbocycles. The molecule has 2 rings (SSSR count). The lowest BCUT2D eigenvalue weighted by atomic mass is 10.0. The molecule has 1 N–H and O–H groups in total. The number of carbonyl (C=O) groups is 1. The van der Waals surface area contributed by atoms with Gasteiger partial charge in [-0.05, 0) is 21.9 Å². The Kier molecular flexibility index (Phi) is 3.25. The zero-order valence-corrected chi connectivity index (χ0v) is 10.2. The molecule has 2 aromatic carbocycles. The van der Waals surface area contributed by atoms with Gasteiger partial charge in [0.25, 0.3) is 0 Å². The van der Waals surface area contributed by atoms with Crippen molar-refractivity contribution in [1.29, 1.82) is 0 Å². The van der Waals surface area contributed by atoms with Gasteiger partial charge in [-0.2, -0.15) is 0 Å². The van der Waals surface area contributed by atoms with Crippen LogP contribution in [-0.2, 0) is 16.5 Å². The predicted octanol–water partition coefficient (Wildman–Crippen LogP) is 3.36. The SMILES string of the molecule is O=C(O)Cc1ccc2cccc(CBr)c2c1. The van der Waals surface area contributed by atoms with E-state index in [1.807, 2.05) is 36.4 Å². The van der Waals surface area contributed by atoms with Crippen LogP contribution in [-0.4, -0.2) is 11.1 Å². The molecule has 3 heteroatoms. The van der Waals surface area contributed by atoms with Gasteiger partial charge in [-0.15, -0.1) is 0 Å². The molecule has 16 heavy (non-hydrogen) atoms. The van der Waals surface area contributed by atoms with Crippen molar-refractivity contribution in [3.05, 3.63) is 47.5 Å². The number of hydrogen-bond acceptors (Lipinski definition) is 1. The van der Waals surface area contributed by atoms with Gasteiger partial charge < -0.3 is 5.11 Å². The fraction of sp³-hybridized carbons (Fsp3) is 0.154. The molecule has 2 aromatic rings. The summed E-state index contributed by atoms with van der Waals surface area (Å²) in [4.78, 5) is 10.6. The number of hydrogen-bond donors (Lipinski definition) is 1. The molecule has 0 bridgehead atoms. The van der Waals surface area contributed by atoms with E-state index in [-0.39, 0.29) is 6.42 Å². The highest BCUT2D eigenvalue weighted by Gasteiger charge is 2.04. The first kappa shape index (κ1) is 11.1. The van der Waals surface area contributed by atoms with Crippen LogP contribution in [0.3, 0.4) is 0 Å². The first-order valence-electron chi connectivity index (χ1n) is 4.99. The summed E-state index contributed by atoms with van der Waals surface area (Å²) in [5.41, 5.74) is 2.03. The predicted molar refractivity (Wildman–Crippen MR) is 67.9 cm³/mol. The third kappa shape index (κ3) is 2.25. The van der Waals surface area contributed by atoms with Crippen molar-refractivity contribution in [2.75, 3.05) is 0 Å². The number of benzene rings is 2. The third-order valence-corrected chi connectivity index (χ3v) is 3.14. The van der Waals surface area contributed by atoms with Gasteiger partial charge in [-0.3, -0.25) is 4.79 Å². The number of fused-ring (bicyclic) bond motifs is 1. The Labute approximate surface area is 102 Å². The van der Waals surface area contributed by atoms with E-state index in [2.05, 4.69) is 15.9 Å². The van der Waals surface area contributed by atoms with Crippen LogP contribution in [0, 0.1) is 0 Å². The van der Waals surface area contributed by atoms with Gasteiger partial charge in [-0.1, -0.05) is 52.3 Å². The summed E-state index contributed by atoms with van der Waals surface area (Å²) in [6.07, 6.45) is 0.0760. The highest BCUT2D eigenvalue weighted by Crippen LogP contribution is 2.22. The number of alkyl halides is 1. The summed E-state index contributed by atoms with van der Waals surface area (Å²) in [7, 11) is 0. The van der Waals surface area contributed by atoms with Crippen molar-refractivity contribution in [3.8, 4) is 0 Å². The number of rotatable bonds is 3. The second-order valence-corrected chi connectivity index (χ2v) is 4.24. The van der Waals surface area contributed by atoms with Crippen LogP contribution in [0.4, 0.5) is 0 Å². The van der Waals surface area contributed by atoms with Crippen molar-refractivity contribution in [1.82, 2.24) is 0 Å². The molecular formula is C13H11BrO2. The summed E-state index contributed by atoms with van der Waals surface area (Å²) in [5.74, 6) is -0.796. The lowest BCUT2D eigenvalue weighted by Gasteiger charge is -2.05. The Hall–Kier alpha value is -1.35. The fourth-order valence-corrected chi connectivity index (χ4v) is 2.27. The topological polar surface area (TPSA) is 37.3 Å². The van der Waals surface area contributed by atoms with Gasteiger partial charge in [0.2, 0.25) is 0 Å². The van der Waals surface area contributed by atoms with Crippen molar-refractivity contribution in [2.45, 2.75) is 11.8 Å². The Balaban J connectivity index is 2.54. The molecular weight excluding hydrogens is 268 g/mol. The van der Waals surface area contributed by atoms with E-state index in [1.54, 1.807) is 0 Å². The fourth-order valence-electron chi connectivity index (χ4n) is 1.79. The van der Waals surface area contributed by atoms with E-state index in [1.165, 1.54) is 5.56 Å². The summed E-state index contributed by atoms with van der Waals surface area (Å²) in [6, 6.07) is 11.9. The smallest absolute Gasteiger partial charge is 0.307 e. The number of carboxylic acids is 1. The lowest BCUT2D eigenvalue weighted by Crippen LogP contribution is -1.99. The summed E-state index contributed by atoms with van der Waals surface area (Å²) in [6.45, 7) is 0. The zero-order valence-electron chi connectivity index (χ0n) is 8.61. The first-order chi connectivity index (χ1) is 7.70. The standard InChI is InChI=1S/C13H11BrO2/c14-8-11-3-1-2-10-5-4-9(6-12(10)11)7-13(15)16/h1-6H,7-8H2,(H,15,16). The van der Waals surface area contributed by atoms with E-state index in [4.69, 9.17) is 5.11 Å². The molecule has 0 radical (unpaired) electrons. The van der Waals surface area contributed by atoms with Crippen molar-refractivity contribution in [2.24, 2.45) is 0 Å². The molecule has 0 spiro atoms. The van der Waals surface area contributed by atoms with Gasteiger partial charge in [0.05, 0.1) is 6.42 Å². The average molecular weight is 279 g/mol. The summed E-state index contributed by atoms with van der Waals surface area (Å²) >= 11 is 3.44. The van der Waals surface area contributed by atoms with Gasteiger partial charge in [0.1, 0.15) is 0 Å². The molecule has 0 aliphatic heterocycles. The average Bonchev–Trinajstić information content (AvgIpc) is 2.27. The normalized spacial score (nSPS) is 10.6. The zero-order chi connectivity index (χ0) is 11.5. The molecule has 82 valence electrons. The maximum absolute atomic E-state index is 10.6. The van der Waals surface area contributed by atoms with E-state index in [0.717, 1.165) is 21.7 Å². The molecule has 0 aliphatic rings. The van der Waals surface area contributed by atoms with Crippen molar-refractivity contribution in [3.63, 3.8) is 0 Å². The first-order valence-corrected chi connectivity index (χ1v) is 6.11. The minimum absolute atomic E-state index is 0.0760. The van der Waals surface area contributed by atoms with Crippen LogP contribution in [0.15, 0.2) is 36.4 Å². The van der Waals surface area contributed by atoms with Gasteiger partial charge in [0, 0.05) is 5.33 Å². The number of halogens is 1. The highest BCUT2D eigenvalue weighted by atomic mass is 79.9. The molecule has 0 saturated heterocycles. The van der Waals surface area contributed by atoms with Crippen LogP contribution >= 0.6 is 15.9 Å². The second kappa shape index (κ2) is 4.66. The van der Waals surface area contributed by atoms with Gasteiger partial charge in [0.15, 0.2) is 0 Å². The van der Waals surface area contributed by atoms with Crippen molar-refractivity contribution < 1.29 is 9.90 Å². The highest BCUT2D eigenvalue weighted by molar-refractivity contribution is 9.08. The number of aliphatic carboxylic acids is 1. The monoisotopic (exact) mass is 278 g/mol. The Morgan fingerprint density at radius 2 is 2.06 bits per heavy atom. The van der Waals surface area contributed by atoms with Gasteiger partial charge >= 0.3 is 5.97 Å². The van der Waals surface area contributed by atoms with E-state index >= 15 is 0 Å². The quantitative estimate of drug-likeness (QED) is 0.875. The molecule has 0 heterocycles. The number of carboxylic acid groups (broad SMARTS) is 1. The van der Waals surface area contributed by atoms with Crippen LogP contribution in [0.1, 0.15) is 11.1 Å². The van der Waals surface area contributed by atoms with Crippen molar-refractivity contribution >= 4 is 32.7 Å².